The summed E-state index contributed by atoms with van der Waals surface area (Å²) in [5.74, 6) is 0.678. The third-order valence-corrected chi connectivity index (χ3v) is 6.34. The first-order chi connectivity index (χ1) is 16.7. The van der Waals surface area contributed by atoms with Gasteiger partial charge in [0.15, 0.2) is 0 Å². The molecule has 0 bridgehead atoms. The molecule has 6 nitrogen and oxygen atoms in total. The van der Waals surface area contributed by atoms with E-state index in [1.165, 1.54) is 6.33 Å². The van der Waals surface area contributed by atoms with Gasteiger partial charge in [-0.2, -0.15) is 0 Å². The molecule has 5 rings (SSSR count). The number of fused-ring (bicyclic) bond motifs is 2. The van der Waals surface area contributed by atoms with Crippen LogP contribution >= 0.6 is 31.9 Å². The summed E-state index contributed by atoms with van der Waals surface area (Å²) < 4.78 is 9.28. The summed E-state index contributed by atoms with van der Waals surface area (Å²) in [5, 5.41) is 5.15. The molecule has 3 aromatic carbocycles. The van der Waals surface area contributed by atoms with E-state index in [1.54, 1.807) is 4.57 Å². The first-order valence-electron chi connectivity index (χ1n) is 11.0. The Morgan fingerprint density at radius 1 is 0.943 bits per heavy atom. The number of aromatic nitrogens is 3. The first-order valence-corrected chi connectivity index (χ1v) is 12.6. The summed E-state index contributed by atoms with van der Waals surface area (Å²) in [5.41, 5.74) is 3.42. The van der Waals surface area contributed by atoms with E-state index in [2.05, 4.69) is 47.1 Å². The molecule has 0 amide bonds. The average Bonchev–Trinajstić information content (AvgIpc) is 3.17. The lowest BCUT2D eigenvalue weighted by Crippen LogP contribution is -2.27. The largest absolute Gasteiger partial charge is 0.443 e. The van der Waals surface area contributed by atoms with Crippen LogP contribution in [0, 0.1) is 0 Å². The van der Waals surface area contributed by atoms with E-state index < -0.39 is 11.7 Å². The van der Waals surface area contributed by atoms with Crippen LogP contribution in [-0.4, -0.2) is 26.2 Å². The molecule has 2 heterocycles. The summed E-state index contributed by atoms with van der Waals surface area (Å²) in [6.45, 7) is 5.58. The fourth-order valence-electron chi connectivity index (χ4n) is 3.92. The molecule has 35 heavy (non-hydrogen) atoms. The van der Waals surface area contributed by atoms with Crippen molar-refractivity contribution < 1.29 is 9.53 Å². The molecule has 1 N–H and O–H groups in total. The molecule has 5 aromatic rings. The standard InChI is InChI=1S/C27H22Br2N4O2/c1-27(2,3)35-26(34)33-23-10-8-19(29)11-17(23)13-24(33)16-7-9-22-21(12-16)25(31-15-30-22)32-20-6-4-5-18(28)14-20/h4-15H,1-3H3,(H,30,31,32). The van der Waals surface area contributed by atoms with Crippen LogP contribution in [-0.2, 0) is 4.74 Å². The van der Waals surface area contributed by atoms with Gasteiger partial charge < -0.3 is 10.1 Å². The monoisotopic (exact) mass is 592 g/mol. The van der Waals surface area contributed by atoms with Gasteiger partial charge in [0.2, 0.25) is 0 Å². The van der Waals surface area contributed by atoms with E-state index >= 15 is 0 Å². The molecule has 0 unspecified atom stereocenters. The topological polar surface area (TPSA) is 69.0 Å². The summed E-state index contributed by atoms with van der Waals surface area (Å²) in [6.07, 6.45) is 1.11. The number of benzene rings is 3. The van der Waals surface area contributed by atoms with Gasteiger partial charge >= 0.3 is 6.09 Å². The van der Waals surface area contributed by atoms with E-state index in [-0.39, 0.29) is 0 Å². The number of ether oxygens (including phenoxy) is 1. The second-order valence-electron chi connectivity index (χ2n) is 9.14. The minimum absolute atomic E-state index is 0.429. The van der Waals surface area contributed by atoms with Crippen LogP contribution in [0.1, 0.15) is 20.8 Å². The lowest BCUT2D eigenvalue weighted by molar-refractivity contribution is 0.0547. The second kappa shape index (κ2) is 9.09. The van der Waals surface area contributed by atoms with Crippen LogP contribution in [0.5, 0.6) is 0 Å². The number of hydrogen-bond donors (Lipinski definition) is 1. The molecule has 0 aliphatic carbocycles. The van der Waals surface area contributed by atoms with Gasteiger partial charge in [-0.25, -0.2) is 19.3 Å². The Kier molecular flexibility index (Phi) is 6.11. The molecule has 2 aromatic heterocycles. The molecule has 0 spiro atoms. The van der Waals surface area contributed by atoms with E-state index in [9.17, 15) is 4.79 Å². The van der Waals surface area contributed by atoms with Crippen molar-refractivity contribution in [2.24, 2.45) is 0 Å². The number of carbonyl (C=O) groups is 1. The van der Waals surface area contributed by atoms with Crippen LogP contribution < -0.4 is 5.32 Å². The average molecular weight is 594 g/mol. The lowest BCUT2D eigenvalue weighted by atomic mass is 10.1. The highest BCUT2D eigenvalue weighted by atomic mass is 79.9. The zero-order valence-electron chi connectivity index (χ0n) is 19.3. The summed E-state index contributed by atoms with van der Waals surface area (Å²) in [6, 6.07) is 21.6. The number of carbonyl (C=O) groups excluding carboxylic acids is 1. The molecular formula is C27H22Br2N4O2. The Bertz CT molecular complexity index is 1590. The fourth-order valence-corrected chi connectivity index (χ4v) is 4.70. The van der Waals surface area contributed by atoms with Gasteiger partial charge in [0.25, 0.3) is 0 Å². The third-order valence-electron chi connectivity index (χ3n) is 5.36. The molecule has 0 atom stereocenters. The maximum atomic E-state index is 13.3. The number of nitrogens with one attached hydrogen (secondary N) is 1. The first kappa shape index (κ1) is 23.5. The maximum absolute atomic E-state index is 13.3. The highest BCUT2D eigenvalue weighted by molar-refractivity contribution is 9.10. The highest BCUT2D eigenvalue weighted by Crippen LogP contribution is 2.34. The Hall–Kier alpha value is -3.23. The number of anilines is 2. The molecule has 0 saturated heterocycles. The Morgan fingerprint density at radius 2 is 1.74 bits per heavy atom. The minimum Gasteiger partial charge on any atom is -0.443 e. The molecule has 176 valence electrons. The SMILES string of the molecule is CC(C)(C)OC(=O)n1c(-c2ccc3ncnc(Nc4cccc(Br)c4)c3c2)cc2cc(Br)ccc21. The van der Waals surface area contributed by atoms with Crippen molar-refractivity contribution in [3.05, 3.63) is 82.0 Å². The number of hydrogen-bond acceptors (Lipinski definition) is 5. The molecule has 0 saturated carbocycles. The van der Waals surface area contributed by atoms with Gasteiger partial charge in [-0.3, -0.25) is 0 Å². The van der Waals surface area contributed by atoms with Gasteiger partial charge in [-0.1, -0.05) is 44.0 Å². The lowest BCUT2D eigenvalue weighted by Gasteiger charge is -2.21. The summed E-state index contributed by atoms with van der Waals surface area (Å²) in [4.78, 5) is 22.2. The zero-order valence-corrected chi connectivity index (χ0v) is 22.5. The zero-order chi connectivity index (χ0) is 24.7. The van der Waals surface area contributed by atoms with Crippen LogP contribution in [0.2, 0.25) is 0 Å². The number of rotatable bonds is 3. The van der Waals surface area contributed by atoms with Gasteiger partial charge in [0.1, 0.15) is 17.7 Å². The van der Waals surface area contributed by atoms with Crippen molar-refractivity contribution in [3.8, 4) is 11.3 Å². The predicted octanol–water partition coefficient (Wildman–Crippen LogP) is 8.30. The second-order valence-corrected chi connectivity index (χ2v) is 11.0. The van der Waals surface area contributed by atoms with Gasteiger partial charge in [-0.15, -0.1) is 0 Å². The van der Waals surface area contributed by atoms with Crippen molar-refractivity contribution in [3.63, 3.8) is 0 Å². The van der Waals surface area contributed by atoms with Crippen LogP contribution in [0.3, 0.4) is 0 Å². The summed E-state index contributed by atoms with van der Waals surface area (Å²) in [7, 11) is 0. The smallest absolute Gasteiger partial charge is 0.419 e. The highest BCUT2D eigenvalue weighted by Gasteiger charge is 2.23. The molecule has 0 aliphatic rings. The van der Waals surface area contributed by atoms with Gasteiger partial charge in [0.05, 0.1) is 16.7 Å². The van der Waals surface area contributed by atoms with E-state index in [0.29, 0.717) is 5.82 Å². The Morgan fingerprint density at radius 3 is 2.51 bits per heavy atom. The Balaban J connectivity index is 1.67. The normalized spacial score (nSPS) is 11.7. The van der Waals surface area contributed by atoms with Crippen molar-refractivity contribution >= 4 is 71.3 Å². The van der Waals surface area contributed by atoms with Crippen LogP contribution in [0.25, 0.3) is 33.1 Å². The van der Waals surface area contributed by atoms with Crippen molar-refractivity contribution in [1.29, 1.82) is 0 Å². The van der Waals surface area contributed by atoms with Gasteiger partial charge in [-0.05, 0) is 80.9 Å². The molecule has 0 aliphatic heterocycles. The molecular weight excluding hydrogens is 572 g/mol. The molecule has 0 fully saturated rings. The van der Waals surface area contributed by atoms with Crippen LogP contribution in [0.15, 0.2) is 82.0 Å². The predicted molar refractivity (Wildman–Crippen MR) is 147 cm³/mol. The maximum Gasteiger partial charge on any atom is 0.419 e. The number of nitrogens with zero attached hydrogens (tertiary/aromatic N) is 3. The summed E-state index contributed by atoms with van der Waals surface area (Å²) >= 11 is 7.04. The van der Waals surface area contributed by atoms with Crippen molar-refractivity contribution in [2.45, 2.75) is 26.4 Å². The number of halogens is 2. The van der Waals surface area contributed by atoms with E-state index in [4.69, 9.17) is 4.74 Å². The van der Waals surface area contributed by atoms with Gasteiger partial charge in [0, 0.05) is 25.4 Å². The van der Waals surface area contributed by atoms with Crippen molar-refractivity contribution in [1.82, 2.24) is 14.5 Å². The van der Waals surface area contributed by atoms with Crippen molar-refractivity contribution in [2.75, 3.05) is 5.32 Å². The third kappa shape index (κ3) is 4.94. The molecule has 0 radical (unpaired) electrons. The minimum atomic E-state index is -0.626. The van der Waals surface area contributed by atoms with Crippen LogP contribution in [0.4, 0.5) is 16.3 Å². The quantitative estimate of drug-likeness (QED) is 0.228. The fraction of sp³-hybridized carbons (Fsp3) is 0.148. The Labute approximate surface area is 219 Å². The van der Waals surface area contributed by atoms with E-state index in [1.807, 2.05) is 87.5 Å². The van der Waals surface area contributed by atoms with E-state index in [0.717, 1.165) is 47.7 Å². The molecule has 8 heteroatoms.